The van der Waals surface area contributed by atoms with Gasteiger partial charge in [0.2, 0.25) is 5.91 Å². The van der Waals surface area contributed by atoms with E-state index in [9.17, 15) is 4.79 Å². The molecule has 1 atom stereocenters. The van der Waals surface area contributed by atoms with Crippen LogP contribution in [0.1, 0.15) is 45.4 Å². The van der Waals surface area contributed by atoms with Crippen LogP contribution < -0.4 is 11.1 Å². The van der Waals surface area contributed by atoms with Crippen LogP contribution in [0, 0.1) is 5.41 Å². The molecule has 2 aliphatic rings. The summed E-state index contributed by atoms with van der Waals surface area (Å²) in [6, 6.07) is 0.691. The van der Waals surface area contributed by atoms with Crippen molar-refractivity contribution in [3.63, 3.8) is 0 Å². The predicted octanol–water partition coefficient (Wildman–Crippen LogP) is 1.43. The Hall–Kier alpha value is -0.680. The summed E-state index contributed by atoms with van der Waals surface area (Å²) in [6.07, 6.45) is 6.60. The molecule has 0 aromatic carbocycles. The number of hydrogen-bond donors (Lipinski definition) is 2. The molecule has 2 fully saturated rings. The van der Waals surface area contributed by atoms with Gasteiger partial charge in [0.25, 0.3) is 0 Å². The van der Waals surface area contributed by atoms with Crippen LogP contribution in [-0.2, 0) is 4.79 Å². The summed E-state index contributed by atoms with van der Waals surface area (Å²) in [4.78, 5) is 14.9. The van der Waals surface area contributed by atoms with E-state index in [0.29, 0.717) is 11.0 Å². The maximum Gasteiger partial charge on any atom is 0.233 e. The average Bonchev–Trinajstić information content (AvgIpc) is 3.17. The molecular formula is C14H25N3OS. The van der Waals surface area contributed by atoms with Crippen molar-refractivity contribution in [2.75, 3.05) is 19.6 Å². The van der Waals surface area contributed by atoms with Crippen LogP contribution in [0.25, 0.3) is 0 Å². The van der Waals surface area contributed by atoms with Gasteiger partial charge in [0.15, 0.2) is 0 Å². The number of rotatable bonds is 6. The summed E-state index contributed by atoms with van der Waals surface area (Å²) < 4.78 is 0. The largest absolute Gasteiger partial charge is 0.392 e. The van der Waals surface area contributed by atoms with Crippen molar-refractivity contribution in [2.24, 2.45) is 11.1 Å². The SMILES string of the molecule is CC1CCCCN1CCCNC(=O)C1(C(N)=S)CC1. The van der Waals surface area contributed by atoms with Gasteiger partial charge in [-0.3, -0.25) is 4.79 Å². The summed E-state index contributed by atoms with van der Waals surface area (Å²) in [6.45, 7) is 5.30. The highest BCUT2D eigenvalue weighted by atomic mass is 32.1. The minimum Gasteiger partial charge on any atom is -0.392 e. The fourth-order valence-electron chi connectivity index (χ4n) is 2.85. The Morgan fingerprint density at radius 1 is 1.47 bits per heavy atom. The number of piperidine rings is 1. The van der Waals surface area contributed by atoms with Crippen LogP contribution >= 0.6 is 12.2 Å². The van der Waals surface area contributed by atoms with E-state index >= 15 is 0 Å². The van der Waals surface area contributed by atoms with E-state index in [2.05, 4.69) is 17.1 Å². The highest BCUT2D eigenvalue weighted by Gasteiger charge is 2.52. The molecule has 19 heavy (non-hydrogen) atoms. The van der Waals surface area contributed by atoms with Gasteiger partial charge in [0, 0.05) is 19.1 Å². The Morgan fingerprint density at radius 2 is 2.21 bits per heavy atom. The first kappa shape index (κ1) is 14.7. The molecule has 1 heterocycles. The molecule has 5 heteroatoms. The molecule has 0 radical (unpaired) electrons. The van der Waals surface area contributed by atoms with Crippen LogP contribution in [0.4, 0.5) is 0 Å². The molecule has 2 rings (SSSR count). The minimum absolute atomic E-state index is 0.0340. The van der Waals surface area contributed by atoms with Crippen molar-refractivity contribution in [3.8, 4) is 0 Å². The second kappa shape index (κ2) is 6.18. The first-order valence-electron chi connectivity index (χ1n) is 7.38. The molecule has 1 saturated heterocycles. The summed E-state index contributed by atoms with van der Waals surface area (Å²) in [5.74, 6) is 0.0340. The van der Waals surface area contributed by atoms with Crippen LogP contribution in [0.15, 0.2) is 0 Å². The van der Waals surface area contributed by atoms with Gasteiger partial charge in [-0.25, -0.2) is 0 Å². The van der Waals surface area contributed by atoms with Crippen molar-refractivity contribution in [2.45, 2.75) is 51.5 Å². The van der Waals surface area contributed by atoms with E-state index in [1.807, 2.05) is 0 Å². The zero-order valence-electron chi connectivity index (χ0n) is 11.8. The summed E-state index contributed by atoms with van der Waals surface area (Å²) in [5.41, 5.74) is 5.13. The monoisotopic (exact) mass is 283 g/mol. The average molecular weight is 283 g/mol. The fraction of sp³-hybridized carbons (Fsp3) is 0.857. The van der Waals surface area contributed by atoms with Crippen molar-refractivity contribution < 1.29 is 4.79 Å². The molecule has 1 amide bonds. The van der Waals surface area contributed by atoms with Gasteiger partial charge >= 0.3 is 0 Å². The standard InChI is InChI=1S/C14H25N3OS/c1-11-5-2-3-9-17(11)10-4-8-16-13(18)14(6-7-14)12(15)19/h11H,2-10H2,1H3,(H2,15,19)(H,16,18). The number of nitrogens with two attached hydrogens (primary N) is 1. The highest BCUT2D eigenvalue weighted by Crippen LogP contribution is 2.46. The van der Waals surface area contributed by atoms with E-state index in [4.69, 9.17) is 18.0 Å². The van der Waals surface area contributed by atoms with Gasteiger partial charge in [-0.2, -0.15) is 0 Å². The van der Waals surface area contributed by atoms with Crippen molar-refractivity contribution in [1.82, 2.24) is 10.2 Å². The van der Waals surface area contributed by atoms with Crippen molar-refractivity contribution in [1.29, 1.82) is 0 Å². The number of carbonyl (C=O) groups excluding carboxylic acids is 1. The topological polar surface area (TPSA) is 58.4 Å². The molecular weight excluding hydrogens is 258 g/mol. The number of nitrogens with one attached hydrogen (secondary N) is 1. The Balaban J connectivity index is 1.64. The van der Waals surface area contributed by atoms with Crippen LogP contribution in [-0.4, -0.2) is 41.5 Å². The first-order valence-corrected chi connectivity index (χ1v) is 7.79. The second-order valence-corrected chi connectivity index (χ2v) is 6.38. The van der Waals surface area contributed by atoms with Gasteiger partial charge in [-0.1, -0.05) is 18.6 Å². The second-order valence-electron chi connectivity index (χ2n) is 5.94. The summed E-state index contributed by atoms with van der Waals surface area (Å²) >= 11 is 4.98. The molecule has 3 N–H and O–H groups in total. The predicted molar refractivity (Wildman–Crippen MR) is 81.0 cm³/mol. The zero-order valence-corrected chi connectivity index (χ0v) is 12.6. The number of thiocarbonyl (C=S) groups is 1. The lowest BCUT2D eigenvalue weighted by molar-refractivity contribution is -0.124. The Bertz CT molecular complexity index is 355. The van der Waals surface area contributed by atoms with E-state index in [1.165, 1.54) is 25.8 Å². The minimum atomic E-state index is -0.506. The van der Waals surface area contributed by atoms with E-state index < -0.39 is 5.41 Å². The third-order valence-electron chi connectivity index (χ3n) is 4.50. The van der Waals surface area contributed by atoms with Gasteiger partial charge < -0.3 is 16.0 Å². The lowest BCUT2D eigenvalue weighted by Gasteiger charge is -2.33. The van der Waals surface area contributed by atoms with E-state index in [1.54, 1.807) is 0 Å². The Morgan fingerprint density at radius 3 is 2.79 bits per heavy atom. The van der Waals surface area contributed by atoms with Gasteiger partial charge in [0.1, 0.15) is 0 Å². The number of carbonyl (C=O) groups is 1. The smallest absolute Gasteiger partial charge is 0.233 e. The maximum atomic E-state index is 12.0. The zero-order chi connectivity index (χ0) is 13.9. The van der Waals surface area contributed by atoms with E-state index in [0.717, 1.165) is 32.4 Å². The molecule has 1 aliphatic carbocycles. The van der Waals surface area contributed by atoms with Gasteiger partial charge in [-0.05, 0) is 45.6 Å². The fourth-order valence-corrected chi connectivity index (χ4v) is 3.15. The number of hydrogen-bond acceptors (Lipinski definition) is 3. The Labute approximate surface area is 121 Å². The van der Waals surface area contributed by atoms with Gasteiger partial charge in [-0.15, -0.1) is 0 Å². The lowest BCUT2D eigenvalue weighted by Crippen LogP contribution is -2.42. The molecule has 0 bridgehead atoms. The molecule has 108 valence electrons. The van der Waals surface area contributed by atoms with Crippen molar-refractivity contribution >= 4 is 23.1 Å². The number of likely N-dealkylation sites (tertiary alicyclic amines) is 1. The lowest BCUT2D eigenvalue weighted by atomic mass is 10.0. The molecule has 0 spiro atoms. The number of nitrogens with zero attached hydrogens (tertiary/aromatic N) is 1. The van der Waals surface area contributed by atoms with Crippen LogP contribution in [0.3, 0.4) is 0 Å². The van der Waals surface area contributed by atoms with Crippen LogP contribution in [0.2, 0.25) is 0 Å². The number of amides is 1. The quantitative estimate of drug-likeness (QED) is 0.572. The Kier molecular flexibility index (Phi) is 4.79. The first-order chi connectivity index (χ1) is 9.06. The van der Waals surface area contributed by atoms with Gasteiger partial charge in [0.05, 0.1) is 10.4 Å². The molecule has 0 aromatic rings. The third-order valence-corrected chi connectivity index (χ3v) is 4.90. The van der Waals surface area contributed by atoms with E-state index in [-0.39, 0.29) is 5.91 Å². The summed E-state index contributed by atoms with van der Waals surface area (Å²) in [7, 11) is 0. The molecule has 1 aliphatic heterocycles. The molecule has 0 aromatic heterocycles. The third kappa shape index (κ3) is 3.45. The van der Waals surface area contributed by atoms with Crippen molar-refractivity contribution in [3.05, 3.63) is 0 Å². The van der Waals surface area contributed by atoms with Crippen LogP contribution in [0.5, 0.6) is 0 Å². The molecule has 4 nitrogen and oxygen atoms in total. The normalized spacial score (nSPS) is 25.8. The highest BCUT2D eigenvalue weighted by molar-refractivity contribution is 7.80. The molecule has 1 saturated carbocycles. The molecule has 1 unspecified atom stereocenters. The maximum absolute atomic E-state index is 12.0. The summed E-state index contributed by atoms with van der Waals surface area (Å²) in [5, 5.41) is 2.99.